The van der Waals surface area contributed by atoms with Gasteiger partial charge in [-0.05, 0) is 33.6 Å². The van der Waals surface area contributed by atoms with E-state index in [1.165, 1.54) is 0 Å². The lowest BCUT2D eigenvalue weighted by Crippen LogP contribution is -2.36. The predicted octanol–water partition coefficient (Wildman–Crippen LogP) is 2.11. The molecule has 0 bridgehead atoms. The largest absolute Gasteiger partial charge is 0.353 e. The fourth-order valence-corrected chi connectivity index (χ4v) is 2.92. The van der Waals surface area contributed by atoms with Gasteiger partial charge in [-0.1, -0.05) is 0 Å². The number of hydrogen-bond acceptors (Lipinski definition) is 5. The summed E-state index contributed by atoms with van der Waals surface area (Å²) in [7, 11) is -1.17. The molecule has 22 heavy (non-hydrogen) atoms. The smallest absolute Gasteiger partial charge is 0.157 e. The van der Waals surface area contributed by atoms with E-state index in [4.69, 9.17) is 9.47 Å². The summed E-state index contributed by atoms with van der Waals surface area (Å²) in [5.41, 5.74) is 0.788. The van der Waals surface area contributed by atoms with E-state index in [2.05, 4.69) is 14.7 Å². The molecular weight excluding hydrogens is 302 g/mol. The SMILES string of the molecule is CC(C)(C)[S@](=O)N[C@@H](CCC1OCCCO1)c1cnccn1. The summed E-state index contributed by atoms with van der Waals surface area (Å²) in [6.45, 7) is 7.30. The number of aromatic nitrogens is 2. The van der Waals surface area contributed by atoms with E-state index in [-0.39, 0.29) is 17.1 Å². The summed E-state index contributed by atoms with van der Waals surface area (Å²) in [6.07, 6.45) is 7.21. The highest BCUT2D eigenvalue weighted by atomic mass is 32.2. The minimum absolute atomic E-state index is 0.136. The van der Waals surface area contributed by atoms with E-state index in [9.17, 15) is 4.21 Å². The number of rotatable bonds is 6. The molecule has 0 radical (unpaired) electrons. The molecule has 0 spiro atoms. The average molecular weight is 327 g/mol. The van der Waals surface area contributed by atoms with Crippen molar-refractivity contribution in [1.29, 1.82) is 0 Å². The molecule has 0 amide bonds. The molecule has 2 rings (SSSR count). The maximum Gasteiger partial charge on any atom is 0.157 e. The van der Waals surface area contributed by atoms with Crippen molar-refractivity contribution in [2.75, 3.05) is 13.2 Å². The van der Waals surface area contributed by atoms with Gasteiger partial charge in [0.25, 0.3) is 0 Å². The Labute approximate surface area is 134 Å². The minimum atomic E-state index is -1.17. The van der Waals surface area contributed by atoms with E-state index in [0.717, 1.165) is 38.2 Å². The first kappa shape index (κ1) is 17.5. The Hall–Kier alpha value is -0.890. The maximum atomic E-state index is 12.4. The first-order chi connectivity index (χ1) is 10.5. The molecule has 1 saturated heterocycles. The highest BCUT2D eigenvalue weighted by Crippen LogP contribution is 2.22. The van der Waals surface area contributed by atoms with Gasteiger partial charge < -0.3 is 9.47 Å². The zero-order valence-electron chi connectivity index (χ0n) is 13.4. The van der Waals surface area contributed by atoms with Gasteiger partial charge in [0.15, 0.2) is 6.29 Å². The van der Waals surface area contributed by atoms with Gasteiger partial charge in [0.1, 0.15) is 0 Å². The van der Waals surface area contributed by atoms with E-state index < -0.39 is 11.0 Å². The minimum Gasteiger partial charge on any atom is -0.353 e. The summed E-state index contributed by atoms with van der Waals surface area (Å²) in [5.74, 6) is 0. The number of ether oxygens (including phenoxy) is 2. The molecule has 6 nitrogen and oxygen atoms in total. The summed E-state index contributed by atoms with van der Waals surface area (Å²) in [4.78, 5) is 8.44. The van der Waals surface area contributed by atoms with E-state index in [1.54, 1.807) is 18.6 Å². The highest BCUT2D eigenvalue weighted by Gasteiger charge is 2.25. The molecular formula is C15H25N3O3S. The molecule has 1 fully saturated rings. The molecule has 2 heterocycles. The Morgan fingerprint density at radius 3 is 2.68 bits per heavy atom. The molecule has 0 saturated carbocycles. The van der Waals surface area contributed by atoms with Gasteiger partial charge in [0.05, 0.1) is 40.7 Å². The van der Waals surface area contributed by atoms with Crippen LogP contribution >= 0.6 is 0 Å². The molecule has 1 aliphatic rings. The van der Waals surface area contributed by atoms with Crippen LogP contribution in [0.15, 0.2) is 18.6 Å². The van der Waals surface area contributed by atoms with Gasteiger partial charge >= 0.3 is 0 Å². The molecule has 0 aromatic carbocycles. The van der Waals surface area contributed by atoms with Crippen LogP contribution in [0.2, 0.25) is 0 Å². The zero-order valence-corrected chi connectivity index (χ0v) is 14.3. The van der Waals surface area contributed by atoms with Crippen molar-refractivity contribution in [3.63, 3.8) is 0 Å². The zero-order chi connectivity index (χ0) is 16.0. The molecule has 1 aliphatic heterocycles. The molecule has 1 N–H and O–H groups in total. The molecule has 1 aromatic rings. The standard InChI is InChI=1S/C15H25N3O3S/c1-15(2,3)22(19)18-12(13-11-16-7-8-17-13)5-6-14-20-9-4-10-21-14/h7-8,11-12,14,18H,4-6,9-10H2,1-3H3/t12-,22-/m0/s1. The van der Waals surface area contributed by atoms with Gasteiger partial charge in [0.2, 0.25) is 0 Å². The first-order valence-corrected chi connectivity index (χ1v) is 8.79. The van der Waals surface area contributed by atoms with Crippen LogP contribution < -0.4 is 4.72 Å². The first-order valence-electron chi connectivity index (χ1n) is 7.64. The molecule has 7 heteroatoms. The van der Waals surface area contributed by atoms with Crippen molar-refractivity contribution in [2.24, 2.45) is 0 Å². The lowest BCUT2D eigenvalue weighted by atomic mass is 10.1. The Morgan fingerprint density at radius 2 is 2.09 bits per heavy atom. The number of hydrogen-bond donors (Lipinski definition) is 1. The van der Waals surface area contributed by atoms with E-state index in [0.29, 0.717) is 0 Å². The normalized spacial score (nSPS) is 19.8. The van der Waals surface area contributed by atoms with Gasteiger partial charge in [0, 0.05) is 25.0 Å². The van der Waals surface area contributed by atoms with Gasteiger partial charge in [-0.2, -0.15) is 0 Å². The molecule has 0 aliphatic carbocycles. The summed E-state index contributed by atoms with van der Waals surface area (Å²) in [6, 6.07) is -0.136. The highest BCUT2D eigenvalue weighted by molar-refractivity contribution is 7.84. The Balaban J connectivity index is 2.00. The molecule has 0 unspecified atom stereocenters. The third kappa shape index (κ3) is 5.39. The van der Waals surface area contributed by atoms with Crippen LogP contribution in [0.25, 0.3) is 0 Å². The number of nitrogens with zero attached hydrogens (tertiary/aromatic N) is 2. The van der Waals surface area contributed by atoms with Crippen molar-refractivity contribution in [1.82, 2.24) is 14.7 Å². The van der Waals surface area contributed by atoms with Crippen molar-refractivity contribution in [3.8, 4) is 0 Å². The summed E-state index contributed by atoms with van der Waals surface area (Å²) >= 11 is 0. The third-order valence-corrected chi connectivity index (χ3v) is 4.94. The van der Waals surface area contributed by atoms with Crippen LogP contribution in [0.3, 0.4) is 0 Å². The fraction of sp³-hybridized carbons (Fsp3) is 0.733. The second-order valence-corrected chi connectivity index (χ2v) is 8.28. The van der Waals surface area contributed by atoms with Crippen LogP contribution in [-0.2, 0) is 20.5 Å². The third-order valence-electron chi connectivity index (χ3n) is 3.33. The van der Waals surface area contributed by atoms with Crippen molar-refractivity contribution in [2.45, 2.75) is 57.1 Å². The van der Waals surface area contributed by atoms with Crippen LogP contribution in [0, 0.1) is 0 Å². The fourth-order valence-electron chi connectivity index (χ4n) is 2.07. The quantitative estimate of drug-likeness (QED) is 0.866. The Kier molecular flexibility index (Phi) is 6.43. The molecule has 124 valence electrons. The summed E-state index contributed by atoms with van der Waals surface area (Å²) in [5, 5.41) is 0. The van der Waals surface area contributed by atoms with Gasteiger partial charge in [-0.15, -0.1) is 0 Å². The van der Waals surface area contributed by atoms with E-state index >= 15 is 0 Å². The second kappa shape index (κ2) is 8.10. The lowest BCUT2D eigenvalue weighted by molar-refractivity contribution is -0.182. The maximum absolute atomic E-state index is 12.4. The van der Waals surface area contributed by atoms with Gasteiger partial charge in [-0.3, -0.25) is 9.97 Å². The van der Waals surface area contributed by atoms with Crippen molar-refractivity contribution < 1.29 is 13.7 Å². The summed E-state index contributed by atoms with van der Waals surface area (Å²) < 4.78 is 26.4. The average Bonchev–Trinajstić information content (AvgIpc) is 2.52. The lowest BCUT2D eigenvalue weighted by Gasteiger charge is -2.27. The predicted molar refractivity (Wildman–Crippen MR) is 85.3 cm³/mol. The van der Waals surface area contributed by atoms with Gasteiger partial charge in [-0.25, -0.2) is 8.93 Å². The van der Waals surface area contributed by atoms with E-state index in [1.807, 2.05) is 20.8 Å². The molecule has 2 atom stereocenters. The van der Waals surface area contributed by atoms with Crippen molar-refractivity contribution in [3.05, 3.63) is 24.3 Å². The monoisotopic (exact) mass is 327 g/mol. The topological polar surface area (TPSA) is 73.3 Å². The number of nitrogens with one attached hydrogen (secondary N) is 1. The Bertz CT molecular complexity index is 473. The van der Waals surface area contributed by atoms with Crippen LogP contribution in [0.5, 0.6) is 0 Å². The second-order valence-electron chi connectivity index (χ2n) is 6.28. The Morgan fingerprint density at radius 1 is 1.36 bits per heavy atom. The van der Waals surface area contributed by atoms with Crippen LogP contribution in [0.4, 0.5) is 0 Å². The molecule has 1 aromatic heterocycles. The van der Waals surface area contributed by atoms with Crippen molar-refractivity contribution >= 4 is 11.0 Å². The van der Waals surface area contributed by atoms with Crippen LogP contribution in [-0.4, -0.2) is 38.4 Å². The van der Waals surface area contributed by atoms with Crippen LogP contribution in [0.1, 0.15) is 51.8 Å².